The SMILES string of the molecule is C=CCN1C(=O)C(=O)N(C[NH+]2CCC(C(=O)Nc3ccccc3)CC2)C1=O. The fraction of sp³-hybridized carbons (Fsp3) is 0.368. The van der Waals surface area contributed by atoms with Crippen molar-refractivity contribution in [1.29, 1.82) is 0 Å². The molecule has 8 nitrogen and oxygen atoms in total. The summed E-state index contributed by atoms with van der Waals surface area (Å²) >= 11 is 0. The van der Waals surface area contributed by atoms with Crippen LogP contribution in [0.4, 0.5) is 10.5 Å². The van der Waals surface area contributed by atoms with E-state index in [1.165, 1.54) is 6.08 Å². The monoisotopic (exact) mass is 371 g/mol. The number of carbonyl (C=O) groups excluding carboxylic acids is 4. The van der Waals surface area contributed by atoms with Crippen LogP contribution in [-0.4, -0.2) is 59.9 Å². The molecule has 2 heterocycles. The molecule has 1 aromatic carbocycles. The van der Waals surface area contributed by atoms with Crippen LogP contribution in [-0.2, 0) is 14.4 Å². The van der Waals surface area contributed by atoms with Crippen molar-refractivity contribution in [2.24, 2.45) is 5.92 Å². The van der Waals surface area contributed by atoms with E-state index in [0.29, 0.717) is 25.9 Å². The van der Waals surface area contributed by atoms with Gasteiger partial charge in [-0.25, -0.2) is 9.69 Å². The zero-order valence-electron chi connectivity index (χ0n) is 15.0. The third-order valence-corrected chi connectivity index (χ3v) is 4.93. The van der Waals surface area contributed by atoms with E-state index in [1.54, 1.807) is 0 Å². The van der Waals surface area contributed by atoms with Gasteiger partial charge in [-0.15, -0.1) is 6.58 Å². The minimum Gasteiger partial charge on any atom is -0.326 e. The van der Waals surface area contributed by atoms with Crippen molar-refractivity contribution >= 4 is 29.4 Å². The number of carbonyl (C=O) groups is 4. The number of rotatable bonds is 6. The summed E-state index contributed by atoms with van der Waals surface area (Å²) in [5, 5.41) is 2.91. The van der Waals surface area contributed by atoms with Gasteiger partial charge in [-0.05, 0) is 12.1 Å². The molecule has 0 unspecified atom stereocenters. The van der Waals surface area contributed by atoms with Gasteiger partial charge in [0.15, 0.2) is 6.67 Å². The molecule has 2 aliphatic heterocycles. The minimum atomic E-state index is -0.809. The summed E-state index contributed by atoms with van der Waals surface area (Å²) in [6.45, 7) is 4.97. The normalized spacial score (nSPS) is 22.9. The van der Waals surface area contributed by atoms with Crippen LogP contribution in [0.2, 0.25) is 0 Å². The predicted molar refractivity (Wildman–Crippen MR) is 97.5 cm³/mol. The Morgan fingerprint density at radius 1 is 1.11 bits per heavy atom. The lowest BCUT2D eigenvalue weighted by Gasteiger charge is -2.30. The first-order chi connectivity index (χ1) is 13.0. The summed E-state index contributed by atoms with van der Waals surface area (Å²) in [7, 11) is 0. The summed E-state index contributed by atoms with van der Waals surface area (Å²) in [5.74, 6) is -1.71. The molecule has 2 fully saturated rings. The lowest BCUT2D eigenvalue weighted by atomic mass is 9.96. The van der Waals surface area contributed by atoms with Gasteiger partial charge < -0.3 is 10.2 Å². The third-order valence-electron chi connectivity index (χ3n) is 4.93. The van der Waals surface area contributed by atoms with Gasteiger partial charge >= 0.3 is 17.8 Å². The van der Waals surface area contributed by atoms with E-state index in [0.717, 1.165) is 20.4 Å². The van der Waals surface area contributed by atoms with Crippen molar-refractivity contribution in [3.63, 3.8) is 0 Å². The van der Waals surface area contributed by atoms with Crippen molar-refractivity contribution < 1.29 is 24.1 Å². The maximum Gasteiger partial charge on any atom is 0.339 e. The highest BCUT2D eigenvalue weighted by Gasteiger charge is 2.46. The van der Waals surface area contributed by atoms with E-state index in [2.05, 4.69) is 11.9 Å². The molecule has 1 aromatic rings. The van der Waals surface area contributed by atoms with Crippen molar-refractivity contribution in [1.82, 2.24) is 9.80 Å². The fourth-order valence-corrected chi connectivity index (χ4v) is 3.42. The second-order valence-corrected chi connectivity index (χ2v) is 6.76. The van der Waals surface area contributed by atoms with Crippen LogP contribution in [0.5, 0.6) is 0 Å². The molecule has 0 aromatic heterocycles. The van der Waals surface area contributed by atoms with Gasteiger partial charge in [0.2, 0.25) is 5.91 Å². The zero-order valence-corrected chi connectivity index (χ0v) is 15.0. The number of hydrogen-bond acceptors (Lipinski definition) is 4. The molecule has 0 saturated carbocycles. The van der Waals surface area contributed by atoms with E-state index in [-0.39, 0.29) is 25.0 Å². The number of quaternary nitrogens is 1. The Morgan fingerprint density at radius 3 is 2.37 bits per heavy atom. The van der Waals surface area contributed by atoms with Gasteiger partial charge in [0.25, 0.3) is 0 Å². The Hall–Kier alpha value is -3.00. The van der Waals surface area contributed by atoms with Gasteiger partial charge in [-0.3, -0.25) is 19.3 Å². The molecule has 2 aliphatic rings. The zero-order chi connectivity index (χ0) is 19.4. The topological polar surface area (TPSA) is 91.2 Å². The number of likely N-dealkylation sites (tertiary alicyclic amines) is 1. The number of imide groups is 2. The molecule has 0 aliphatic carbocycles. The highest BCUT2D eigenvalue weighted by molar-refractivity contribution is 6.44. The molecule has 2 N–H and O–H groups in total. The number of para-hydroxylation sites is 1. The van der Waals surface area contributed by atoms with Crippen LogP contribution in [0, 0.1) is 5.92 Å². The quantitative estimate of drug-likeness (QED) is 0.414. The first-order valence-corrected chi connectivity index (χ1v) is 8.99. The van der Waals surface area contributed by atoms with Gasteiger partial charge in [-0.2, -0.15) is 0 Å². The van der Waals surface area contributed by atoms with Gasteiger partial charge in [0.05, 0.1) is 13.1 Å². The molecular formula is C19H23N4O4+. The molecule has 0 radical (unpaired) electrons. The van der Waals surface area contributed by atoms with Crippen LogP contribution in [0.25, 0.3) is 0 Å². The van der Waals surface area contributed by atoms with Gasteiger partial charge in [-0.1, -0.05) is 24.3 Å². The predicted octanol–water partition coefficient (Wildman–Crippen LogP) is -0.146. The number of benzene rings is 1. The molecule has 3 rings (SSSR count). The van der Waals surface area contributed by atoms with E-state index >= 15 is 0 Å². The van der Waals surface area contributed by atoms with Crippen molar-refractivity contribution in [2.45, 2.75) is 12.8 Å². The molecule has 0 bridgehead atoms. The summed E-state index contributed by atoms with van der Waals surface area (Å²) in [4.78, 5) is 51.5. The largest absolute Gasteiger partial charge is 0.339 e. The van der Waals surface area contributed by atoms with Crippen LogP contribution >= 0.6 is 0 Å². The van der Waals surface area contributed by atoms with Gasteiger partial charge in [0, 0.05) is 31.0 Å². The molecule has 142 valence electrons. The van der Waals surface area contributed by atoms with Crippen molar-refractivity contribution in [2.75, 3.05) is 31.6 Å². The molecule has 8 heteroatoms. The number of piperidine rings is 1. The highest BCUT2D eigenvalue weighted by Crippen LogP contribution is 2.15. The van der Waals surface area contributed by atoms with Crippen LogP contribution in [0.1, 0.15) is 12.8 Å². The molecule has 0 atom stereocenters. The van der Waals surface area contributed by atoms with Crippen molar-refractivity contribution in [3.8, 4) is 0 Å². The lowest BCUT2D eigenvalue weighted by molar-refractivity contribution is -0.912. The third kappa shape index (κ3) is 4.06. The fourth-order valence-electron chi connectivity index (χ4n) is 3.42. The maximum absolute atomic E-state index is 12.4. The highest BCUT2D eigenvalue weighted by atomic mass is 16.2. The Kier molecular flexibility index (Phi) is 5.66. The van der Waals surface area contributed by atoms with Crippen molar-refractivity contribution in [3.05, 3.63) is 43.0 Å². The number of urea groups is 1. The van der Waals surface area contributed by atoms with E-state index in [1.807, 2.05) is 30.3 Å². The first-order valence-electron chi connectivity index (χ1n) is 8.99. The Balaban J connectivity index is 1.51. The molecule has 0 spiro atoms. The van der Waals surface area contributed by atoms with E-state index in [9.17, 15) is 19.2 Å². The number of nitrogens with zero attached hydrogens (tertiary/aromatic N) is 2. The summed E-state index contributed by atoms with van der Waals surface area (Å²) in [6, 6.07) is 8.71. The molecular weight excluding hydrogens is 348 g/mol. The average molecular weight is 371 g/mol. The maximum atomic E-state index is 12.4. The summed E-state index contributed by atoms with van der Waals surface area (Å²) in [6.07, 6.45) is 2.74. The summed E-state index contributed by atoms with van der Waals surface area (Å²) < 4.78 is 0. The first kappa shape index (κ1) is 18.8. The summed E-state index contributed by atoms with van der Waals surface area (Å²) in [5.41, 5.74) is 0.770. The van der Waals surface area contributed by atoms with Gasteiger partial charge in [0.1, 0.15) is 0 Å². The smallest absolute Gasteiger partial charge is 0.326 e. The Morgan fingerprint density at radius 2 is 1.74 bits per heavy atom. The van der Waals surface area contributed by atoms with E-state index < -0.39 is 17.8 Å². The number of nitrogens with one attached hydrogen (secondary N) is 2. The van der Waals surface area contributed by atoms with Crippen LogP contribution < -0.4 is 10.2 Å². The Labute approximate surface area is 157 Å². The lowest BCUT2D eigenvalue weighted by Crippen LogP contribution is -3.14. The van der Waals surface area contributed by atoms with Crippen LogP contribution in [0.3, 0.4) is 0 Å². The number of amides is 5. The van der Waals surface area contributed by atoms with Crippen LogP contribution in [0.15, 0.2) is 43.0 Å². The Bertz CT molecular complexity index is 756. The standard InChI is InChI=1S/C19H22N4O4/c1-2-10-22-17(25)18(26)23(19(22)27)13-21-11-8-14(9-12-21)16(24)20-15-6-4-3-5-7-15/h2-7,14H,1,8-13H2,(H,20,24)/p+1. The van der Waals surface area contributed by atoms with E-state index in [4.69, 9.17) is 0 Å². The minimum absolute atomic E-state index is 0.0130. The second-order valence-electron chi connectivity index (χ2n) is 6.76. The average Bonchev–Trinajstić information content (AvgIpc) is 2.88. The number of hydrogen-bond donors (Lipinski definition) is 2. The molecule has 2 saturated heterocycles. The molecule has 5 amide bonds. The molecule has 27 heavy (non-hydrogen) atoms. The number of anilines is 1. The second kappa shape index (κ2) is 8.13.